The van der Waals surface area contributed by atoms with Crippen LogP contribution in [0.1, 0.15) is 12.0 Å². The van der Waals surface area contributed by atoms with Gasteiger partial charge in [-0.05, 0) is 36.6 Å². The van der Waals surface area contributed by atoms with Gasteiger partial charge >= 0.3 is 0 Å². The minimum Gasteiger partial charge on any atom is -0.353 e. The number of nitrogens with one attached hydrogen (secondary N) is 1. The standard InChI is InChI=1S/C21H24N4O2S/c26-20(25-13-11-24(12-14-25)19-7-3-4-10-22-19)15-28-18-9-8-16-5-1-2-6-17(16)23-21(18)27/h1-7,10,18H,8-9,11-15H2,(H,23,27). The number of pyridine rings is 1. The molecule has 0 spiro atoms. The number of piperazine rings is 1. The topological polar surface area (TPSA) is 65.5 Å². The van der Waals surface area contributed by atoms with Crippen molar-refractivity contribution < 1.29 is 9.59 Å². The van der Waals surface area contributed by atoms with E-state index in [0.29, 0.717) is 18.8 Å². The molecule has 0 aliphatic carbocycles. The summed E-state index contributed by atoms with van der Waals surface area (Å²) < 4.78 is 0. The third-order valence-corrected chi connectivity index (χ3v) is 6.52. The van der Waals surface area contributed by atoms with Gasteiger partial charge in [-0.25, -0.2) is 4.98 Å². The van der Waals surface area contributed by atoms with Crippen LogP contribution in [0.5, 0.6) is 0 Å². The molecule has 2 aliphatic rings. The number of hydrogen-bond donors (Lipinski definition) is 1. The van der Waals surface area contributed by atoms with Crippen molar-refractivity contribution >= 4 is 35.1 Å². The van der Waals surface area contributed by atoms with Gasteiger partial charge in [-0.15, -0.1) is 11.8 Å². The molecule has 28 heavy (non-hydrogen) atoms. The summed E-state index contributed by atoms with van der Waals surface area (Å²) in [5.74, 6) is 1.42. The van der Waals surface area contributed by atoms with Crippen LogP contribution < -0.4 is 10.2 Å². The van der Waals surface area contributed by atoms with Gasteiger partial charge in [0, 0.05) is 38.1 Å². The van der Waals surface area contributed by atoms with Gasteiger partial charge in [-0.3, -0.25) is 9.59 Å². The molecular formula is C21H24N4O2S. The number of rotatable bonds is 4. The van der Waals surface area contributed by atoms with Gasteiger partial charge in [-0.2, -0.15) is 0 Å². The zero-order valence-corrected chi connectivity index (χ0v) is 16.5. The number of para-hydroxylation sites is 1. The van der Waals surface area contributed by atoms with E-state index in [1.165, 1.54) is 11.8 Å². The predicted molar refractivity (Wildman–Crippen MR) is 113 cm³/mol. The predicted octanol–water partition coefficient (Wildman–Crippen LogP) is 2.42. The van der Waals surface area contributed by atoms with Gasteiger partial charge in [0.05, 0.1) is 11.0 Å². The average Bonchev–Trinajstić information content (AvgIpc) is 2.91. The van der Waals surface area contributed by atoms with Crippen LogP contribution >= 0.6 is 11.8 Å². The highest BCUT2D eigenvalue weighted by atomic mass is 32.2. The Morgan fingerprint density at radius 2 is 1.89 bits per heavy atom. The number of aromatic nitrogens is 1. The molecule has 2 amide bonds. The Kier molecular flexibility index (Phi) is 5.81. The third-order valence-electron chi connectivity index (χ3n) is 5.26. The van der Waals surface area contributed by atoms with E-state index in [-0.39, 0.29) is 17.1 Å². The van der Waals surface area contributed by atoms with Gasteiger partial charge in [0.2, 0.25) is 11.8 Å². The zero-order chi connectivity index (χ0) is 19.3. The molecule has 1 aromatic carbocycles. The van der Waals surface area contributed by atoms with E-state index in [9.17, 15) is 9.59 Å². The molecular weight excluding hydrogens is 372 g/mol. The first kappa shape index (κ1) is 18.8. The summed E-state index contributed by atoms with van der Waals surface area (Å²) in [5.41, 5.74) is 2.06. The maximum absolute atomic E-state index is 12.6. The summed E-state index contributed by atoms with van der Waals surface area (Å²) in [6, 6.07) is 13.8. The second-order valence-corrected chi connectivity index (χ2v) is 8.23. The maximum atomic E-state index is 12.6. The molecule has 1 N–H and O–H groups in total. The molecule has 3 heterocycles. The molecule has 1 unspecified atom stereocenters. The van der Waals surface area contributed by atoms with Crippen LogP contribution in [0, 0.1) is 0 Å². The summed E-state index contributed by atoms with van der Waals surface area (Å²) in [4.78, 5) is 33.6. The number of carbonyl (C=O) groups excluding carboxylic acids is 2. The minimum absolute atomic E-state index is 0.00252. The Morgan fingerprint density at radius 3 is 2.68 bits per heavy atom. The Hall–Kier alpha value is -2.54. The summed E-state index contributed by atoms with van der Waals surface area (Å²) in [6.45, 7) is 2.95. The Labute approximate surface area is 169 Å². The molecule has 1 fully saturated rings. The Bertz CT molecular complexity index is 837. The van der Waals surface area contributed by atoms with Gasteiger partial charge in [-0.1, -0.05) is 24.3 Å². The van der Waals surface area contributed by atoms with Gasteiger partial charge in [0.25, 0.3) is 0 Å². The highest BCUT2D eigenvalue weighted by Gasteiger charge is 2.27. The SMILES string of the molecule is O=C1Nc2ccccc2CCC1SCC(=O)N1CCN(c2ccccn2)CC1. The zero-order valence-electron chi connectivity index (χ0n) is 15.7. The van der Waals surface area contributed by atoms with Crippen LogP contribution in [0.25, 0.3) is 0 Å². The first-order valence-corrected chi connectivity index (χ1v) is 10.7. The highest BCUT2D eigenvalue weighted by molar-refractivity contribution is 8.01. The molecule has 146 valence electrons. The van der Waals surface area contributed by atoms with Crippen LogP contribution in [0.3, 0.4) is 0 Å². The van der Waals surface area contributed by atoms with Crippen LogP contribution in [0.2, 0.25) is 0 Å². The molecule has 0 radical (unpaired) electrons. The second-order valence-electron chi connectivity index (χ2n) is 7.04. The number of benzene rings is 1. The summed E-state index contributed by atoms with van der Waals surface area (Å²) in [6.07, 6.45) is 3.40. The van der Waals surface area contributed by atoms with E-state index in [4.69, 9.17) is 0 Å². The minimum atomic E-state index is -0.189. The average molecular weight is 397 g/mol. The summed E-state index contributed by atoms with van der Waals surface area (Å²) in [7, 11) is 0. The fraction of sp³-hybridized carbons (Fsp3) is 0.381. The summed E-state index contributed by atoms with van der Waals surface area (Å²) in [5, 5.41) is 2.81. The molecule has 1 aromatic heterocycles. The number of anilines is 2. The highest BCUT2D eigenvalue weighted by Crippen LogP contribution is 2.27. The first-order chi connectivity index (χ1) is 13.7. The molecule has 1 saturated heterocycles. The monoisotopic (exact) mass is 396 g/mol. The molecule has 2 aromatic rings. The van der Waals surface area contributed by atoms with Crippen molar-refractivity contribution in [2.75, 3.05) is 42.1 Å². The molecule has 0 saturated carbocycles. The van der Waals surface area contributed by atoms with Crippen molar-refractivity contribution in [3.63, 3.8) is 0 Å². The lowest BCUT2D eigenvalue weighted by Gasteiger charge is -2.35. The number of hydrogen-bond acceptors (Lipinski definition) is 5. The van der Waals surface area contributed by atoms with Crippen molar-refractivity contribution in [1.29, 1.82) is 0 Å². The van der Waals surface area contributed by atoms with E-state index < -0.39 is 0 Å². The van der Waals surface area contributed by atoms with Crippen molar-refractivity contribution in [3.8, 4) is 0 Å². The third kappa shape index (κ3) is 4.30. The Balaban J connectivity index is 1.26. The maximum Gasteiger partial charge on any atom is 0.237 e. The van der Waals surface area contributed by atoms with Gasteiger partial charge < -0.3 is 15.1 Å². The molecule has 1 atom stereocenters. The Morgan fingerprint density at radius 1 is 1.11 bits per heavy atom. The van der Waals surface area contributed by atoms with Crippen LogP contribution in [-0.4, -0.2) is 58.9 Å². The number of amides is 2. The fourth-order valence-corrected chi connectivity index (χ4v) is 4.66. The smallest absolute Gasteiger partial charge is 0.237 e. The van der Waals surface area contributed by atoms with Crippen LogP contribution in [0.4, 0.5) is 11.5 Å². The quantitative estimate of drug-likeness (QED) is 0.860. The van der Waals surface area contributed by atoms with Gasteiger partial charge in [0.15, 0.2) is 0 Å². The van der Waals surface area contributed by atoms with Gasteiger partial charge in [0.1, 0.15) is 5.82 Å². The lowest BCUT2D eigenvalue weighted by Crippen LogP contribution is -2.49. The lowest BCUT2D eigenvalue weighted by atomic mass is 10.1. The van der Waals surface area contributed by atoms with Crippen molar-refractivity contribution in [3.05, 3.63) is 54.2 Å². The number of nitrogens with zero attached hydrogens (tertiary/aromatic N) is 3. The largest absolute Gasteiger partial charge is 0.353 e. The number of aryl methyl sites for hydroxylation is 1. The van der Waals surface area contributed by atoms with Crippen molar-refractivity contribution in [2.45, 2.75) is 18.1 Å². The van der Waals surface area contributed by atoms with E-state index in [1.54, 1.807) is 6.20 Å². The molecule has 0 bridgehead atoms. The van der Waals surface area contributed by atoms with E-state index in [1.807, 2.05) is 41.3 Å². The van der Waals surface area contributed by atoms with E-state index in [0.717, 1.165) is 43.0 Å². The lowest BCUT2D eigenvalue weighted by molar-refractivity contribution is -0.128. The number of thioether (sulfide) groups is 1. The summed E-state index contributed by atoms with van der Waals surface area (Å²) >= 11 is 1.46. The van der Waals surface area contributed by atoms with Crippen LogP contribution in [-0.2, 0) is 16.0 Å². The normalized spacial score (nSPS) is 19.6. The van der Waals surface area contributed by atoms with Crippen molar-refractivity contribution in [2.24, 2.45) is 0 Å². The number of fused-ring (bicyclic) bond motifs is 1. The molecule has 4 rings (SSSR count). The second kappa shape index (κ2) is 8.65. The van der Waals surface area contributed by atoms with E-state index >= 15 is 0 Å². The van der Waals surface area contributed by atoms with Crippen molar-refractivity contribution in [1.82, 2.24) is 9.88 Å². The first-order valence-electron chi connectivity index (χ1n) is 9.65. The molecule has 2 aliphatic heterocycles. The fourth-order valence-electron chi connectivity index (χ4n) is 3.64. The van der Waals surface area contributed by atoms with Crippen LogP contribution in [0.15, 0.2) is 48.7 Å². The molecule has 6 nitrogen and oxygen atoms in total. The van der Waals surface area contributed by atoms with E-state index in [2.05, 4.69) is 21.3 Å². The number of carbonyl (C=O) groups is 2. The molecule has 7 heteroatoms.